The Balaban J connectivity index is 1.66. The average Bonchev–Trinajstić information content (AvgIpc) is 3.05. The van der Waals surface area contributed by atoms with Crippen molar-refractivity contribution < 1.29 is 9.90 Å². The van der Waals surface area contributed by atoms with Gasteiger partial charge < -0.3 is 10.0 Å². The molecule has 7 nitrogen and oxygen atoms in total. The molecule has 1 aliphatic heterocycles. The van der Waals surface area contributed by atoms with Gasteiger partial charge in [0.2, 0.25) is 5.91 Å². The van der Waals surface area contributed by atoms with Gasteiger partial charge in [0.05, 0.1) is 36.0 Å². The van der Waals surface area contributed by atoms with Crippen LogP contribution in [-0.2, 0) is 24.4 Å². The lowest BCUT2D eigenvalue weighted by molar-refractivity contribution is -0.130. The molecule has 2 aromatic rings. The summed E-state index contributed by atoms with van der Waals surface area (Å²) in [6.07, 6.45) is -0.850. The number of carbonyl (C=O) groups is 1. The van der Waals surface area contributed by atoms with Gasteiger partial charge in [0.15, 0.2) is 0 Å². The molecule has 1 amide bonds. The lowest BCUT2D eigenvalue weighted by Crippen LogP contribution is -2.33. The molecule has 1 unspecified atom stereocenters. The Labute approximate surface area is 153 Å². The van der Waals surface area contributed by atoms with E-state index in [2.05, 4.69) is 16.1 Å². The molecule has 7 heteroatoms. The minimum Gasteiger partial charge on any atom is -0.386 e. The molecule has 0 saturated carbocycles. The SMILES string of the molecule is CN(C)C(=O)CC(O)c1cc2n(n1)CCN(Cc1cccc(C#N)c1)C2. The molecule has 0 fully saturated rings. The van der Waals surface area contributed by atoms with Gasteiger partial charge in [0.25, 0.3) is 0 Å². The first-order valence-electron chi connectivity index (χ1n) is 8.62. The van der Waals surface area contributed by atoms with Gasteiger partial charge in [-0.1, -0.05) is 12.1 Å². The van der Waals surface area contributed by atoms with E-state index in [0.717, 1.165) is 37.4 Å². The number of rotatable bonds is 5. The van der Waals surface area contributed by atoms with E-state index in [9.17, 15) is 9.90 Å². The number of hydrogen-bond acceptors (Lipinski definition) is 5. The van der Waals surface area contributed by atoms with Gasteiger partial charge in [0.1, 0.15) is 6.10 Å². The van der Waals surface area contributed by atoms with Crippen LogP contribution in [0.3, 0.4) is 0 Å². The van der Waals surface area contributed by atoms with Crippen LogP contribution in [0.15, 0.2) is 30.3 Å². The number of benzene rings is 1. The number of aliphatic hydroxyl groups excluding tert-OH is 1. The van der Waals surface area contributed by atoms with Gasteiger partial charge in [-0.05, 0) is 23.8 Å². The Morgan fingerprint density at radius 3 is 2.92 bits per heavy atom. The second kappa shape index (κ2) is 7.68. The third kappa shape index (κ3) is 4.10. The maximum atomic E-state index is 11.8. The fourth-order valence-electron chi connectivity index (χ4n) is 3.09. The Kier molecular flexibility index (Phi) is 5.35. The van der Waals surface area contributed by atoms with Gasteiger partial charge in [-0.2, -0.15) is 10.4 Å². The first-order valence-corrected chi connectivity index (χ1v) is 8.62. The van der Waals surface area contributed by atoms with E-state index >= 15 is 0 Å². The highest BCUT2D eigenvalue weighted by Gasteiger charge is 2.23. The molecule has 0 bridgehead atoms. The van der Waals surface area contributed by atoms with Crippen LogP contribution >= 0.6 is 0 Å². The maximum Gasteiger partial charge on any atom is 0.225 e. The number of hydrogen-bond donors (Lipinski definition) is 1. The van der Waals surface area contributed by atoms with Crippen molar-refractivity contribution in [2.45, 2.75) is 32.2 Å². The van der Waals surface area contributed by atoms with Crippen molar-refractivity contribution in [3.8, 4) is 6.07 Å². The number of amides is 1. The zero-order valence-electron chi connectivity index (χ0n) is 15.1. The van der Waals surface area contributed by atoms with Crippen molar-refractivity contribution in [3.05, 3.63) is 52.8 Å². The van der Waals surface area contributed by atoms with E-state index in [1.54, 1.807) is 20.2 Å². The molecule has 1 N–H and O–H groups in total. The van der Waals surface area contributed by atoms with E-state index in [4.69, 9.17) is 5.26 Å². The molecule has 0 spiro atoms. The quantitative estimate of drug-likeness (QED) is 0.875. The van der Waals surface area contributed by atoms with Crippen LogP contribution in [-0.4, -0.2) is 51.2 Å². The summed E-state index contributed by atoms with van der Waals surface area (Å²) >= 11 is 0. The van der Waals surface area contributed by atoms with Crippen LogP contribution in [0.25, 0.3) is 0 Å². The predicted molar refractivity (Wildman–Crippen MR) is 95.8 cm³/mol. The topological polar surface area (TPSA) is 85.4 Å². The highest BCUT2D eigenvalue weighted by Crippen LogP contribution is 2.22. The summed E-state index contributed by atoms with van der Waals surface area (Å²) in [6.45, 7) is 3.06. The summed E-state index contributed by atoms with van der Waals surface area (Å²) in [6, 6.07) is 11.7. The van der Waals surface area contributed by atoms with E-state index in [0.29, 0.717) is 11.3 Å². The molecule has 1 atom stereocenters. The van der Waals surface area contributed by atoms with Crippen LogP contribution in [0.1, 0.15) is 35.0 Å². The van der Waals surface area contributed by atoms with Crippen LogP contribution in [0.2, 0.25) is 0 Å². The van der Waals surface area contributed by atoms with E-state index in [1.165, 1.54) is 4.90 Å². The standard InChI is InChI=1S/C19H23N5O2/c1-22(2)19(26)10-18(25)17-9-16-13-23(6-7-24(16)21-17)12-15-5-3-4-14(8-15)11-20/h3-5,8-9,18,25H,6-7,10,12-13H2,1-2H3. The molecule has 3 rings (SSSR count). The van der Waals surface area contributed by atoms with Crippen LogP contribution in [0, 0.1) is 11.3 Å². The minimum absolute atomic E-state index is 0.0358. The number of carbonyl (C=O) groups excluding carboxylic acids is 1. The zero-order valence-corrected chi connectivity index (χ0v) is 15.1. The van der Waals surface area contributed by atoms with Gasteiger partial charge in [-0.15, -0.1) is 0 Å². The lowest BCUT2D eigenvalue weighted by atomic mass is 10.1. The number of aliphatic hydroxyl groups is 1. The Hall–Kier alpha value is -2.69. The van der Waals surface area contributed by atoms with Gasteiger partial charge >= 0.3 is 0 Å². The molecule has 1 aromatic carbocycles. The number of fused-ring (bicyclic) bond motifs is 1. The molecule has 1 aliphatic rings. The summed E-state index contributed by atoms with van der Waals surface area (Å²) in [4.78, 5) is 15.5. The van der Waals surface area contributed by atoms with Crippen LogP contribution < -0.4 is 0 Å². The summed E-state index contributed by atoms with van der Waals surface area (Å²) in [7, 11) is 3.35. The normalized spacial score (nSPS) is 15.2. The number of nitriles is 1. The first kappa shape index (κ1) is 18.1. The second-order valence-corrected chi connectivity index (χ2v) is 6.81. The number of aromatic nitrogens is 2. The highest BCUT2D eigenvalue weighted by molar-refractivity contribution is 5.76. The molecule has 2 heterocycles. The second-order valence-electron chi connectivity index (χ2n) is 6.81. The van der Waals surface area contributed by atoms with Crippen LogP contribution in [0.5, 0.6) is 0 Å². The first-order chi connectivity index (χ1) is 12.5. The molecule has 26 heavy (non-hydrogen) atoms. The smallest absolute Gasteiger partial charge is 0.225 e. The van der Waals surface area contributed by atoms with Gasteiger partial charge in [-0.25, -0.2) is 0 Å². The van der Waals surface area contributed by atoms with Crippen molar-refractivity contribution >= 4 is 5.91 Å². The summed E-state index contributed by atoms with van der Waals surface area (Å²) < 4.78 is 1.90. The summed E-state index contributed by atoms with van der Waals surface area (Å²) in [5.41, 5.74) is 3.34. The lowest BCUT2D eigenvalue weighted by Gasteiger charge is -2.27. The number of nitrogens with zero attached hydrogens (tertiary/aromatic N) is 5. The van der Waals surface area contributed by atoms with E-state index in [1.807, 2.05) is 28.9 Å². The molecule has 0 aliphatic carbocycles. The Bertz CT molecular complexity index is 837. The van der Waals surface area contributed by atoms with Crippen molar-refractivity contribution in [2.75, 3.05) is 20.6 Å². The fourth-order valence-corrected chi connectivity index (χ4v) is 3.09. The molecule has 1 aromatic heterocycles. The van der Waals surface area contributed by atoms with Gasteiger partial charge in [0, 0.05) is 33.7 Å². The molecule has 136 valence electrons. The molecular formula is C19H23N5O2. The van der Waals surface area contributed by atoms with Crippen molar-refractivity contribution in [2.24, 2.45) is 0 Å². The van der Waals surface area contributed by atoms with E-state index in [-0.39, 0.29) is 12.3 Å². The largest absolute Gasteiger partial charge is 0.386 e. The van der Waals surface area contributed by atoms with Crippen molar-refractivity contribution in [1.29, 1.82) is 5.26 Å². The van der Waals surface area contributed by atoms with Crippen molar-refractivity contribution in [1.82, 2.24) is 19.6 Å². The minimum atomic E-state index is -0.885. The fraction of sp³-hybridized carbons (Fsp3) is 0.421. The monoisotopic (exact) mass is 353 g/mol. The molecule has 0 radical (unpaired) electrons. The van der Waals surface area contributed by atoms with Gasteiger partial charge in [-0.3, -0.25) is 14.4 Å². The zero-order chi connectivity index (χ0) is 18.7. The Morgan fingerprint density at radius 1 is 1.38 bits per heavy atom. The summed E-state index contributed by atoms with van der Waals surface area (Å²) in [5.74, 6) is -0.123. The third-order valence-corrected chi connectivity index (χ3v) is 4.57. The third-order valence-electron chi connectivity index (χ3n) is 4.57. The average molecular weight is 353 g/mol. The highest BCUT2D eigenvalue weighted by atomic mass is 16.3. The molecular weight excluding hydrogens is 330 g/mol. The molecule has 0 saturated heterocycles. The maximum absolute atomic E-state index is 11.8. The predicted octanol–water partition coefficient (Wildman–Crippen LogP) is 1.28. The van der Waals surface area contributed by atoms with Crippen LogP contribution in [0.4, 0.5) is 0 Å². The van der Waals surface area contributed by atoms with Crippen molar-refractivity contribution in [3.63, 3.8) is 0 Å². The van der Waals surface area contributed by atoms with E-state index < -0.39 is 6.10 Å². The summed E-state index contributed by atoms with van der Waals surface area (Å²) in [5, 5.41) is 23.8. The Morgan fingerprint density at radius 2 is 2.19 bits per heavy atom.